The molecular formula is C16H16N4O. The van der Waals surface area contributed by atoms with Crippen molar-refractivity contribution in [1.82, 2.24) is 14.9 Å². The molecule has 1 heterocycles. The van der Waals surface area contributed by atoms with E-state index in [9.17, 15) is 4.79 Å². The second-order valence-corrected chi connectivity index (χ2v) is 4.81. The summed E-state index contributed by atoms with van der Waals surface area (Å²) in [6.45, 7) is 0.755. The van der Waals surface area contributed by atoms with Gasteiger partial charge in [-0.05, 0) is 30.8 Å². The summed E-state index contributed by atoms with van der Waals surface area (Å²) >= 11 is 0. The van der Waals surface area contributed by atoms with Gasteiger partial charge in [-0.2, -0.15) is 0 Å². The lowest BCUT2D eigenvalue weighted by atomic mass is 10.1. The molecule has 1 amide bonds. The quantitative estimate of drug-likeness (QED) is 0.766. The van der Waals surface area contributed by atoms with E-state index in [1.54, 1.807) is 12.4 Å². The third-order valence-corrected chi connectivity index (χ3v) is 3.46. The van der Waals surface area contributed by atoms with Crippen molar-refractivity contribution >= 4 is 16.9 Å². The molecule has 0 radical (unpaired) electrons. The maximum absolute atomic E-state index is 11.5. The first kappa shape index (κ1) is 13.3. The van der Waals surface area contributed by atoms with Gasteiger partial charge in [-0.3, -0.25) is 9.36 Å². The van der Waals surface area contributed by atoms with Crippen LogP contribution in [0.15, 0.2) is 48.8 Å². The van der Waals surface area contributed by atoms with Gasteiger partial charge in [0, 0.05) is 6.54 Å². The molecule has 0 aliphatic carbocycles. The summed E-state index contributed by atoms with van der Waals surface area (Å²) in [5, 5.41) is 3.16. The molecule has 5 heteroatoms. The predicted octanol–water partition coefficient (Wildman–Crippen LogP) is 1.84. The molecule has 3 N–H and O–H groups in total. The van der Waals surface area contributed by atoms with Crippen molar-refractivity contribution in [2.45, 2.75) is 6.54 Å². The number of nitrogens with zero attached hydrogens (tertiary/aromatic N) is 2. The number of nitrogens with two attached hydrogens (primary N) is 1. The molecule has 5 nitrogen and oxygen atoms in total. The maximum atomic E-state index is 11.5. The van der Waals surface area contributed by atoms with Gasteiger partial charge in [0.25, 0.3) is 5.91 Å². The van der Waals surface area contributed by atoms with Gasteiger partial charge in [-0.1, -0.05) is 24.3 Å². The van der Waals surface area contributed by atoms with Gasteiger partial charge in [0.15, 0.2) is 0 Å². The van der Waals surface area contributed by atoms with E-state index >= 15 is 0 Å². The fraction of sp³-hybridized carbons (Fsp3) is 0.125. The molecule has 2 aromatic carbocycles. The van der Waals surface area contributed by atoms with Gasteiger partial charge < -0.3 is 11.1 Å². The van der Waals surface area contributed by atoms with Gasteiger partial charge in [-0.25, -0.2) is 4.98 Å². The van der Waals surface area contributed by atoms with Gasteiger partial charge in [0.1, 0.15) is 11.8 Å². The van der Waals surface area contributed by atoms with Gasteiger partial charge in [0.2, 0.25) is 0 Å². The topological polar surface area (TPSA) is 72.9 Å². The van der Waals surface area contributed by atoms with Crippen LogP contribution in [-0.4, -0.2) is 22.5 Å². The minimum atomic E-state index is -0.464. The van der Waals surface area contributed by atoms with Crippen molar-refractivity contribution in [3.63, 3.8) is 0 Å². The molecule has 0 saturated heterocycles. The normalized spacial score (nSPS) is 10.9. The van der Waals surface area contributed by atoms with Crippen LogP contribution in [0.2, 0.25) is 0 Å². The van der Waals surface area contributed by atoms with Crippen LogP contribution in [0.1, 0.15) is 15.9 Å². The highest BCUT2D eigenvalue weighted by Gasteiger charge is 2.13. The molecule has 3 rings (SSSR count). The van der Waals surface area contributed by atoms with Crippen LogP contribution in [0.3, 0.4) is 0 Å². The lowest BCUT2D eigenvalue weighted by molar-refractivity contribution is 0.100. The third-order valence-electron chi connectivity index (χ3n) is 3.46. The number of imidazole rings is 1. The lowest BCUT2D eigenvalue weighted by Gasteiger charge is -2.11. The second kappa shape index (κ2) is 5.38. The van der Waals surface area contributed by atoms with Crippen LogP contribution < -0.4 is 11.1 Å². The number of hydrogen-bond acceptors (Lipinski definition) is 3. The fourth-order valence-electron chi connectivity index (χ4n) is 2.52. The number of primary amides is 1. The van der Waals surface area contributed by atoms with Crippen LogP contribution in [0.4, 0.5) is 0 Å². The average Bonchev–Trinajstić information content (AvgIpc) is 2.91. The van der Waals surface area contributed by atoms with E-state index in [2.05, 4.69) is 16.4 Å². The highest BCUT2D eigenvalue weighted by molar-refractivity contribution is 6.04. The zero-order chi connectivity index (χ0) is 14.8. The molecule has 0 spiro atoms. The van der Waals surface area contributed by atoms with Crippen molar-refractivity contribution in [3.05, 3.63) is 59.9 Å². The number of hydrogen-bond donors (Lipinski definition) is 2. The number of rotatable bonds is 4. The summed E-state index contributed by atoms with van der Waals surface area (Å²) in [4.78, 5) is 15.9. The van der Waals surface area contributed by atoms with Crippen LogP contribution in [0, 0.1) is 0 Å². The summed E-state index contributed by atoms with van der Waals surface area (Å²) in [6.07, 6.45) is 1.73. The maximum Gasteiger partial charge on any atom is 0.250 e. The van der Waals surface area contributed by atoms with E-state index in [1.807, 2.05) is 41.9 Å². The van der Waals surface area contributed by atoms with E-state index in [1.165, 1.54) is 0 Å². The smallest absolute Gasteiger partial charge is 0.250 e. The average molecular weight is 280 g/mol. The Morgan fingerprint density at radius 2 is 2.05 bits per heavy atom. The Bertz CT molecular complexity index is 807. The molecule has 0 saturated carbocycles. The van der Waals surface area contributed by atoms with E-state index in [0.29, 0.717) is 11.1 Å². The summed E-state index contributed by atoms with van der Waals surface area (Å²) < 4.78 is 1.98. The number of nitrogens with one attached hydrogen (secondary N) is 1. The molecule has 0 aliphatic rings. The molecule has 0 unspecified atom stereocenters. The van der Waals surface area contributed by atoms with Crippen molar-refractivity contribution < 1.29 is 4.79 Å². The minimum absolute atomic E-state index is 0.442. The van der Waals surface area contributed by atoms with Gasteiger partial charge in [0.05, 0.1) is 16.8 Å². The zero-order valence-corrected chi connectivity index (χ0v) is 11.7. The van der Waals surface area contributed by atoms with Gasteiger partial charge >= 0.3 is 0 Å². The Morgan fingerprint density at radius 1 is 1.24 bits per heavy atom. The zero-order valence-electron chi connectivity index (χ0n) is 11.7. The first-order valence-electron chi connectivity index (χ1n) is 6.71. The molecule has 0 aliphatic heterocycles. The summed E-state index contributed by atoms with van der Waals surface area (Å²) in [6, 6.07) is 13.5. The van der Waals surface area contributed by atoms with Crippen molar-refractivity contribution in [3.8, 4) is 5.69 Å². The molecule has 0 bridgehead atoms. The molecule has 0 fully saturated rings. The molecule has 106 valence electrons. The summed E-state index contributed by atoms with van der Waals surface area (Å²) in [5.41, 5.74) is 9.54. The van der Waals surface area contributed by atoms with Crippen molar-refractivity contribution in [1.29, 1.82) is 0 Å². The molecule has 1 aromatic heterocycles. The van der Waals surface area contributed by atoms with E-state index in [-0.39, 0.29) is 0 Å². The van der Waals surface area contributed by atoms with Crippen molar-refractivity contribution in [2.24, 2.45) is 5.73 Å². The predicted molar refractivity (Wildman–Crippen MR) is 82.4 cm³/mol. The highest BCUT2D eigenvalue weighted by Crippen LogP contribution is 2.23. The number of aromatic nitrogens is 2. The molecule has 0 atom stereocenters. The first-order chi connectivity index (χ1) is 10.2. The van der Waals surface area contributed by atoms with Crippen LogP contribution >= 0.6 is 0 Å². The standard InChI is InChI=1S/C16H16N4O/c1-18-9-11-5-2-3-7-13(11)20-10-19-15-12(16(17)21)6-4-8-14(15)20/h2-8,10,18H,9H2,1H3,(H2,17,21). The Labute approximate surface area is 122 Å². The summed E-state index contributed by atoms with van der Waals surface area (Å²) in [5.74, 6) is -0.464. The van der Waals surface area contributed by atoms with E-state index < -0.39 is 5.91 Å². The number of fused-ring (bicyclic) bond motifs is 1. The van der Waals surface area contributed by atoms with Crippen molar-refractivity contribution in [2.75, 3.05) is 7.05 Å². The monoisotopic (exact) mass is 280 g/mol. The Balaban J connectivity index is 2.23. The van der Waals surface area contributed by atoms with Crippen LogP contribution in [0.5, 0.6) is 0 Å². The number of carbonyl (C=O) groups is 1. The number of carbonyl (C=O) groups excluding carboxylic acids is 1. The third kappa shape index (κ3) is 2.28. The molecule has 3 aromatic rings. The Morgan fingerprint density at radius 3 is 2.81 bits per heavy atom. The number of amides is 1. The lowest BCUT2D eigenvalue weighted by Crippen LogP contribution is -2.11. The molecule has 21 heavy (non-hydrogen) atoms. The first-order valence-corrected chi connectivity index (χ1v) is 6.71. The number of para-hydroxylation sites is 2. The van der Waals surface area contributed by atoms with E-state index in [0.717, 1.165) is 23.3 Å². The van der Waals surface area contributed by atoms with Gasteiger partial charge in [-0.15, -0.1) is 0 Å². The Hall–Kier alpha value is -2.66. The largest absolute Gasteiger partial charge is 0.366 e. The molecular weight excluding hydrogens is 264 g/mol. The Kier molecular flexibility index (Phi) is 3.41. The fourth-order valence-corrected chi connectivity index (χ4v) is 2.52. The van der Waals surface area contributed by atoms with Crippen LogP contribution in [0.25, 0.3) is 16.7 Å². The number of benzene rings is 2. The van der Waals surface area contributed by atoms with E-state index in [4.69, 9.17) is 5.73 Å². The second-order valence-electron chi connectivity index (χ2n) is 4.81. The summed E-state index contributed by atoms with van der Waals surface area (Å²) in [7, 11) is 1.91. The highest BCUT2D eigenvalue weighted by atomic mass is 16.1. The SMILES string of the molecule is CNCc1ccccc1-n1cnc2c(C(N)=O)cccc21. The van der Waals surface area contributed by atoms with Crippen LogP contribution in [-0.2, 0) is 6.54 Å². The minimum Gasteiger partial charge on any atom is -0.366 e.